The summed E-state index contributed by atoms with van der Waals surface area (Å²) in [5, 5.41) is 6.50. The molecule has 0 atom stereocenters. The lowest BCUT2D eigenvalue weighted by molar-refractivity contribution is -0.130. The number of amides is 2. The largest absolute Gasteiger partial charge is 0.399 e. The summed E-state index contributed by atoms with van der Waals surface area (Å²) >= 11 is 5.11. The lowest BCUT2D eigenvalue weighted by Crippen LogP contribution is -2.36. The van der Waals surface area contributed by atoms with Gasteiger partial charge >= 0.3 is 0 Å². The monoisotopic (exact) mass is 769 g/mol. The van der Waals surface area contributed by atoms with Crippen LogP contribution in [-0.4, -0.2) is 89.1 Å². The lowest BCUT2D eigenvalue weighted by Gasteiger charge is -2.30. The normalized spacial score (nSPS) is 15.0. The van der Waals surface area contributed by atoms with Gasteiger partial charge in [0.2, 0.25) is 11.8 Å². The third-order valence-electron chi connectivity index (χ3n) is 10.1. The fraction of sp³-hybridized carbons (Fsp3) is 0.385. The van der Waals surface area contributed by atoms with E-state index in [1.807, 2.05) is 46.2 Å². The Labute approximate surface area is 321 Å². The summed E-state index contributed by atoms with van der Waals surface area (Å²) in [6.45, 7) is 9.79. The highest BCUT2D eigenvalue weighted by atomic mass is 35.5. The summed E-state index contributed by atoms with van der Waals surface area (Å²) in [5.41, 5.74) is 12.1. The highest BCUT2D eigenvalue weighted by Crippen LogP contribution is 2.29. The van der Waals surface area contributed by atoms with Gasteiger partial charge in [0, 0.05) is 64.0 Å². The van der Waals surface area contributed by atoms with Gasteiger partial charge in [0.1, 0.15) is 23.2 Å². The molecule has 6 aromatic rings. The van der Waals surface area contributed by atoms with Crippen molar-refractivity contribution < 1.29 is 28.2 Å². The maximum atomic E-state index is 12.4. The van der Waals surface area contributed by atoms with Crippen LogP contribution < -0.4 is 5.73 Å². The molecular formula is C39H44ClN9O6. The summed E-state index contributed by atoms with van der Waals surface area (Å²) in [6, 6.07) is 11.6. The number of aromatic nitrogens is 6. The van der Waals surface area contributed by atoms with Gasteiger partial charge in [0.15, 0.2) is 5.78 Å². The Morgan fingerprint density at radius 1 is 0.745 bits per heavy atom. The second-order valence-corrected chi connectivity index (χ2v) is 14.2. The molecule has 2 amide bonds. The second kappa shape index (κ2) is 17.1. The number of halogens is 1. The molecule has 0 aliphatic carbocycles. The molecule has 0 bridgehead atoms. The van der Waals surface area contributed by atoms with Crippen LogP contribution in [0.4, 0.5) is 5.69 Å². The van der Waals surface area contributed by atoms with E-state index in [4.69, 9.17) is 26.8 Å². The minimum absolute atomic E-state index is 0.00977. The number of aromatic amines is 2. The van der Waals surface area contributed by atoms with Gasteiger partial charge in [0.25, 0.3) is 5.24 Å². The van der Waals surface area contributed by atoms with Gasteiger partial charge in [-0.1, -0.05) is 16.4 Å². The molecule has 4 aromatic heterocycles. The Hall–Kier alpha value is -5.83. The van der Waals surface area contributed by atoms with Crippen LogP contribution in [0.5, 0.6) is 0 Å². The van der Waals surface area contributed by atoms with Crippen LogP contribution in [0.2, 0.25) is 0 Å². The molecule has 6 heterocycles. The summed E-state index contributed by atoms with van der Waals surface area (Å²) in [6.07, 6.45) is 6.82. The van der Waals surface area contributed by atoms with E-state index in [1.54, 1.807) is 27.7 Å². The van der Waals surface area contributed by atoms with Crippen molar-refractivity contribution in [2.24, 2.45) is 0 Å². The van der Waals surface area contributed by atoms with Crippen LogP contribution in [0, 0.1) is 13.8 Å². The molecule has 2 saturated heterocycles. The third-order valence-corrected chi connectivity index (χ3v) is 10.3. The Balaban J connectivity index is 0.000000159. The number of rotatable bonds is 6. The number of fused-ring (bicyclic) bond motifs is 2. The number of anilines is 1. The molecule has 2 fully saturated rings. The number of nitrogens with one attached hydrogen (secondary N) is 2. The number of piperidine rings is 2. The van der Waals surface area contributed by atoms with Gasteiger partial charge in [-0.15, -0.1) is 0 Å². The highest BCUT2D eigenvalue weighted by Gasteiger charge is 2.25. The molecule has 2 aliphatic rings. The van der Waals surface area contributed by atoms with Crippen molar-refractivity contribution in [3.8, 4) is 0 Å². The molecular weight excluding hydrogens is 726 g/mol. The SMILES string of the molecule is CC(=O)N1CCC(c2nc3ccc(CC(=O)c4cnoc4C)cc3[nH]2)CC1.CC(=O)N1CCC(c2nc3ccc(N)cc3[nH]2)CC1.Cc1oncc1C(=O)Cl. The van der Waals surface area contributed by atoms with Crippen LogP contribution in [-0.2, 0) is 16.0 Å². The number of nitrogens with two attached hydrogens (primary N) is 1. The fourth-order valence-electron chi connectivity index (χ4n) is 6.89. The van der Waals surface area contributed by atoms with E-state index in [0.29, 0.717) is 40.9 Å². The summed E-state index contributed by atoms with van der Waals surface area (Å²) in [5.74, 6) is 4.00. The molecule has 8 rings (SSSR count). The number of nitrogens with zero attached hydrogens (tertiary/aromatic N) is 6. The maximum absolute atomic E-state index is 12.4. The fourth-order valence-corrected chi connectivity index (χ4v) is 7.07. The van der Waals surface area contributed by atoms with Crippen molar-refractivity contribution in [2.75, 3.05) is 31.9 Å². The highest BCUT2D eigenvalue weighted by molar-refractivity contribution is 6.67. The van der Waals surface area contributed by atoms with E-state index in [1.165, 1.54) is 12.4 Å². The van der Waals surface area contributed by atoms with Crippen molar-refractivity contribution in [3.05, 3.63) is 88.7 Å². The quantitative estimate of drug-likeness (QED) is 0.0980. The maximum Gasteiger partial charge on any atom is 0.257 e. The number of hydrogen-bond acceptors (Lipinski definition) is 11. The van der Waals surface area contributed by atoms with Crippen molar-refractivity contribution in [2.45, 2.75) is 71.6 Å². The molecule has 0 radical (unpaired) electrons. The van der Waals surface area contributed by atoms with Gasteiger partial charge in [0.05, 0.1) is 45.6 Å². The number of benzene rings is 2. The minimum Gasteiger partial charge on any atom is -0.399 e. The van der Waals surface area contributed by atoms with Gasteiger partial charge in [-0.25, -0.2) is 9.97 Å². The first-order chi connectivity index (χ1) is 26.4. The predicted molar refractivity (Wildman–Crippen MR) is 206 cm³/mol. The van der Waals surface area contributed by atoms with Crippen molar-refractivity contribution in [3.63, 3.8) is 0 Å². The molecule has 55 heavy (non-hydrogen) atoms. The van der Waals surface area contributed by atoms with Crippen molar-refractivity contribution in [1.29, 1.82) is 0 Å². The molecule has 4 N–H and O–H groups in total. The van der Waals surface area contributed by atoms with Crippen LogP contribution in [0.3, 0.4) is 0 Å². The van der Waals surface area contributed by atoms with Crippen LogP contribution in [0.1, 0.15) is 101 Å². The number of carbonyl (C=O) groups is 4. The van der Waals surface area contributed by atoms with E-state index in [2.05, 4.69) is 29.8 Å². The topological polar surface area (TPSA) is 210 Å². The number of imidazole rings is 2. The Kier molecular flexibility index (Phi) is 12.1. The number of ketones is 1. The molecule has 0 unspecified atom stereocenters. The van der Waals surface area contributed by atoms with Crippen molar-refractivity contribution in [1.82, 2.24) is 40.0 Å². The number of nitrogen functional groups attached to an aromatic ring is 1. The summed E-state index contributed by atoms with van der Waals surface area (Å²) in [7, 11) is 0. The number of hydrogen-bond donors (Lipinski definition) is 3. The molecule has 2 aliphatic heterocycles. The number of carbonyl (C=O) groups excluding carboxylic acids is 4. The second-order valence-electron chi connectivity index (χ2n) is 13.9. The summed E-state index contributed by atoms with van der Waals surface area (Å²) in [4.78, 5) is 65.5. The Morgan fingerprint density at radius 2 is 1.22 bits per heavy atom. The molecule has 2 aromatic carbocycles. The number of Topliss-reactive ketones (excluding diaryl/α,β-unsaturated/α-hetero) is 1. The first-order valence-corrected chi connectivity index (χ1v) is 18.5. The zero-order chi connectivity index (χ0) is 39.2. The van der Waals surface area contributed by atoms with E-state index in [9.17, 15) is 19.2 Å². The smallest absolute Gasteiger partial charge is 0.257 e. The van der Waals surface area contributed by atoms with Gasteiger partial charge in [-0.3, -0.25) is 19.2 Å². The van der Waals surface area contributed by atoms with Crippen molar-refractivity contribution >= 4 is 62.2 Å². The standard InChI is InChI=1S/C20H22N4O3.C14H18N4O.C5H4ClNO2/c1-12-16(11-21-27-12)19(26)10-14-3-4-17-18(9-14)23-20(22-17)15-5-7-24(8-6-15)13(2)25;1-9(19)18-6-4-10(5-7-18)14-16-12-3-2-11(15)8-13(12)17-14;1-3-4(5(6)8)2-7-9-3/h3-4,9,11,15H,5-8,10H2,1-2H3,(H,22,23);2-3,8,10H,4-7,15H2,1H3,(H,16,17);2H,1H3. The average molecular weight is 770 g/mol. The Bertz CT molecular complexity index is 2310. The van der Waals surface area contributed by atoms with E-state index < -0.39 is 5.24 Å². The first kappa shape index (κ1) is 38.9. The van der Waals surface area contributed by atoms with E-state index in [-0.39, 0.29) is 17.6 Å². The zero-order valence-electron chi connectivity index (χ0n) is 31.2. The van der Waals surface area contributed by atoms with Crippen LogP contribution >= 0.6 is 11.6 Å². The Morgan fingerprint density at radius 3 is 1.65 bits per heavy atom. The average Bonchev–Trinajstić information content (AvgIpc) is 3.98. The number of likely N-dealkylation sites (tertiary alicyclic amines) is 2. The molecule has 0 spiro atoms. The molecule has 0 saturated carbocycles. The van der Waals surface area contributed by atoms with E-state index >= 15 is 0 Å². The van der Waals surface area contributed by atoms with Crippen LogP contribution in [0.15, 0.2) is 57.8 Å². The van der Waals surface area contributed by atoms with Gasteiger partial charge in [-0.2, -0.15) is 0 Å². The molecule has 288 valence electrons. The molecule has 16 heteroatoms. The zero-order valence-corrected chi connectivity index (χ0v) is 32.0. The van der Waals surface area contributed by atoms with Gasteiger partial charge in [-0.05, 0) is 87.0 Å². The predicted octanol–water partition coefficient (Wildman–Crippen LogP) is 6.24. The minimum atomic E-state index is -0.534. The molecule has 15 nitrogen and oxygen atoms in total. The lowest BCUT2D eigenvalue weighted by atomic mass is 9.96. The number of aryl methyl sites for hydroxylation is 2. The summed E-state index contributed by atoms with van der Waals surface area (Å²) < 4.78 is 9.55. The number of H-pyrrole nitrogens is 2. The first-order valence-electron chi connectivity index (χ1n) is 18.2. The third kappa shape index (κ3) is 9.46. The van der Waals surface area contributed by atoms with Gasteiger partial charge < -0.3 is 34.5 Å². The van der Waals surface area contributed by atoms with Crippen LogP contribution in [0.25, 0.3) is 22.1 Å². The van der Waals surface area contributed by atoms with E-state index in [0.717, 1.165) is 96.8 Å².